The van der Waals surface area contributed by atoms with Crippen LogP contribution in [-0.2, 0) is 12.6 Å². The van der Waals surface area contributed by atoms with Crippen molar-refractivity contribution in [3.05, 3.63) is 35.4 Å². The third kappa shape index (κ3) is 3.22. The van der Waals surface area contributed by atoms with Gasteiger partial charge in [0, 0.05) is 44.8 Å². The number of nitrogens with two attached hydrogens (primary N) is 1. The van der Waals surface area contributed by atoms with Crippen molar-refractivity contribution in [2.75, 3.05) is 32.7 Å². The second-order valence-corrected chi connectivity index (χ2v) is 5.97. The van der Waals surface area contributed by atoms with Crippen LogP contribution in [0.4, 0.5) is 13.2 Å². The Morgan fingerprint density at radius 2 is 1.71 bits per heavy atom. The summed E-state index contributed by atoms with van der Waals surface area (Å²) in [4.78, 5) is 4.83. The molecule has 2 bridgehead atoms. The number of fused-ring (bicyclic) bond motifs is 3. The SMILES string of the molecule is NC(Cc1ccc(C(F)(F)F)cc1)C1CN2CCN1CC2. The zero-order chi connectivity index (χ0) is 15.0. The van der Waals surface area contributed by atoms with Gasteiger partial charge in [-0.25, -0.2) is 0 Å². The van der Waals surface area contributed by atoms with Gasteiger partial charge < -0.3 is 5.73 Å². The molecule has 6 heteroatoms. The largest absolute Gasteiger partial charge is 0.416 e. The molecule has 0 saturated carbocycles. The summed E-state index contributed by atoms with van der Waals surface area (Å²) in [5, 5.41) is 0. The van der Waals surface area contributed by atoms with Crippen molar-refractivity contribution in [2.45, 2.75) is 24.7 Å². The van der Waals surface area contributed by atoms with E-state index in [1.807, 2.05) is 0 Å². The van der Waals surface area contributed by atoms with Crippen LogP contribution in [0.25, 0.3) is 0 Å². The van der Waals surface area contributed by atoms with Gasteiger partial charge in [-0.2, -0.15) is 13.2 Å². The molecule has 3 aliphatic rings. The average molecular weight is 299 g/mol. The normalized spacial score (nSPS) is 30.4. The molecule has 3 saturated heterocycles. The molecule has 3 nitrogen and oxygen atoms in total. The van der Waals surface area contributed by atoms with Gasteiger partial charge in [-0.15, -0.1) is 0 Å². The lowest BCUT2D eigenvalue weighted by Crippen LogP contribution is -2.66. The Kier molecular flexibility index (Phi) is 3.94. The molecule has 116 valence electrons. The minimum absolute atomic E-state index is 0.0372. The van der Waals surface area contributed by atoms with E-state index in [4.69, 9.17) is 5.73 Å². The number of hydrogen-bond acceptors (Lipinski definition) is 3. The lowest BCUT2D eigenvalue weighted by molar-refractivity contribution is -0.137. The Morgan fingerprint density at radius 3 is 2.19 bits per heavy atom. The molecule has 0 spiro atoms. The lowest BCUT2D eigenvalue weighted by atomic mass is 9.95. The highest BCUT2D eigenvalue weighted by Crippen LogP contribution is 2.29. The third-order valence-corrected chi connectivity index (χ3v) is 4.57. The van der Waals surface area contributed by atoms with Gasteiger partial charge in [0.25, 0.3) is 0 Å². The summed E-state index contributed by atoms with van der Waals surface area (Å²) < 4.78 is 37.6. The van der Waals surface area contributed by atoms with Crippen LogP contribution >= 0.6 is 0 Å². The first-order valence-corrected chi connectivity index (χ1v) is 7.31. The van der Waals surface area contributed by atoms with Crippen molar-refractivity contribution >= 4 is 0 Å². The number of alkyl halides is 3. The van der Waals surface area contributed by atoms with Gasteiger partial charge in [-0.3, -0.25) is 9.80 Å². The van der Waals surface area contributed by atoms with Gasteiger partial charge in [0.2, 0.25) is 0 Å². The van der Waals surface area contributed by atoms with Gasteiger partial charge >= 0.3 is 6.18 Å². The number of halogens is 3. The Hall–Kier alpha value is -1.11. The van der Waals surface area contributed by atoms with Crippen LogP contribution < -0.4 is 5.73 Å². The third-order valence-electron chi connectivity index (χ3n) is 4.57. The number of hydrogen-bond donors (Lipinski definition) is 1. The fourth-order valence-electron chi connectivity index (χ4n) is 3.30. The van der Waals surface area contributed by atoms with Crippen molar-refractivity contribution < 1.29 is 13.2 Å². The summed E-state index contributed by atoms with van der Waals surface area (Å²) in [6.45, 7) is 5.27. The number of benzene rings is 1. The molecule has 3 aliphatic heterocycles. The molecule has 3 heterocycles. The van der Waals surface area contributed by atoms with E-state index in [2.05, 4.69) is 9.80 Å². The highest BCUT2D eigenvalue weighted by atomic mass is 19.4. The van der Waals surface area contributed by atoms with Crippen molar-refractivity contribution in [2.24, 2.45) is 5.73 Å². The first kappa shape index (κ1) is 14.8. The molecule has 2 atom stereocenters. The van der Waals surface area contributed by atoms with E-state index in [1.54, 1.807) is 12.1 Å². The van der Waals surface area contributed by atoms with Crippen LogP contribution in [0, 0.1) is 0 Å². The zero-order valence-corrected chi connectivity index (χ0v) is 11.8. The average Bonchev–Trinajstić information content (AvgIpc) is 2.48. The highest BCUT2D eigenvalue weighted by molar-refractivity contribution is 5.25. The van der Waals surface area contributed by atoms with Crippen LogP contribution in [0.3, 0.4) is 0 Å². The zero-order valence-electron chi connectivity index (χ0n) is 11.8. The summed E-state index contributed by atoms with van der Waals surface area (Å²) in [5.74, 6) is 0. The minimum atomic E-state index is -4.28. The van der Waals surface area contributed by atoms with Gasteiger partial charge in [-0.05, 0) is 24.1 Å². The fraction of sp³-hybridized carbons (Fsp3) is 0.600. The van der Waals surface area contributed by atoms with Gasteiger partial charge in [-0.1, -0.05) is 12.1 Å². The molecule has 21 heavy (non-hydrogen) atoms. The standard InChI is InChI=1S/C15H20F3N3/c16-15(17,18)12-3-1-11(2-4-12)9-13(19)14-10-20-5-7-21(14)8-6-20/h1-4,13-14H,5-10,19H2. The molecule has 4 rings (SSSR count). The van der Waals surface area contributed by atoms with Crippen LogP contribution in [0.5, 0.6) is 0 Å². The van der Waals surface area contributed by atoms with E-state index >= 15 is 0 Å². The molecule has 3 fully saturated rings. The second-order valence-electron chi connectivity index (χ2n) is 5.97. The van der Waals surface area contributed by atoms with Gasteiger partial charge in [0.1, 0.15) is 0 Å². The summed E-state index contributed by atoms with van der Waals surface area (Å²) in [7, 11) is 0. The summed E-state index contributed by atoms with van der Waals surface area (Å²) >= 11 is 0. The molecule has 2 N–H and O–H groups in total. The van der Waals surface area contributed by atoms with Crippen LogP contribution in [0.1, 0.15) is 11.1 Å². The smallest absolute Gasteiger partial charge is 0.326 e. The minimum Gasteiger partial charge on any atom is -0.326 e. The Balaban J connectivity index is 1.63. The summed E-state index contributed by atoms with van der Waals surface area (Å²) in [6.07, 6.45) is -3.66. The van der Waals surface area contributed by atoms with E-state index in [1.165, 1.54) is 0 Å². The van der Waals surface area contributed by atoms with Crippen LogP contribution in [-0.4, -0.2) is 54.6 Å². The van der Waals surface area contributed by atoms with Gasteiger partial charge in [0.05, 0.1) is 5.56 Å². The highest BCUT2D eigenvalue weighted by Gasteiger charge is 2.35. The maximum absolute atomic E-state index is 12.5. The molecule has 0 aliphatic carbocycles. The molecule has 0 aromatic heterocycles. The monoisotopic (exact) mass is 299 g/mol. The fourth-order valence-corrected chi connectivity index (χ4v) is 3.30. The van der Waals surface area contributed by atoms with Crippen molar-refractivity contribution in [3.63, 3.8) is 0 Å². The molecular formula is C15H20F3N3. The Labute approximate surface area is 122 Å². The predicted molar refractivity (Wildman–Crippen MR) is 74.9 cm³/mol. The van der Waals surface area contributed by atoms with Crippen molar-refractivity contribution in [1.29, 1.82) is 0 Å². The Bertz CT molecular complexity index is 478. The molecule has 0 amide bonds. The maximum Gasteiger partial charge on any atom is 0.416 e. The van der Waals surface area contributed by atoms with E-state index < -0.39 is 11.7 Å². The van der Waals surface area contributed by atoms with E-state index in [0.29, 0.717) is 12.5 Å². The van der Waals surface area contributed by atoms with E-state index in [-0.39, 0.29) is 6.04 Å². The van der Waals surface area contributed by atoms with E-state index in [0.717, 1.165) is 50.4 Å². The van der Waals surface area contributed by atoms with E-state index in [9.17, 15) is 13.2 Å². The topological polar surface area (TPSA) is 32.5 Å². The summed E-state index contributed by atoms with van der Waals surface area (Å²) in [6, 6.07) is 5.64. The molecule has 1 aromatic carbocycles. The molecule has 2 unspecified atom stereocenters. The molecular weight excluding hydrogens is 279 g/mol. The molecule has 0 radical (unpaired) electrons. The second kappa shape index (κ2) is 5.59. The Morgan fingerprint density at radius 1 is 1.10 bits per heavy atom. The maximum atomic E-state index is 12.5. The molecule has 1 aromatic rings. The number of nitrogens with zero attached hydrogens (tertiary/aromatic N) is 2. The van der Waals surface area contributed by atoms with Crippen molar-refractivity contribution in [3.8, 4) is 0 Å². The van der Waals surface area contributed by atoms with Crippen molar-refractivity contribution in [1.82, 2.24) is 9.80 Å². The quantitative estimate of drug-likeness (QED) is 0.920. The van der Waals surface area contributed by atoms with Crippen LogP contribution in [0.15, 0.2) is 24.3 Å². The summed E-state index contributed by atoms with van der Waals surface area (Å²) in [5.41, 5.74) is 6.56. The van der Waals surface area contributed by atoms with Crippen LogP contribution in [0.2, 0.25) is 0 Å². The predicted octanol–water partition coefficient (Wildman–Crippen LogP) is 1.57. The number of rotatable bonds is 3. The first-order valence-electron chi connectivity index (χ1n) is 7.31. The van der Waals surface area contributed by atoms with Gasteiger partial charge in [0.15, 0.2) is 0 Å². The lowest BCUT2D eigenvalue weighted by Gasteiger charge is -2.49. The first-order chi connectivity index (χ1) is 9.93. The number of piperazine rings is 3.